The summed E-state index contributed by atoms with van der Waals surface area (Å²) in [5, 5.41) is 21.9. The van der Waals surface area contributed by atoms with Crippen LogP contribution in [-0.4, -0.2) is 58.1 Å². The molecule has 19 heavy (non-hydrogen) atoms. The van der Waals surface area contributed by atoms with Crippen LogP contribution in [0, 0.1) is 5.92 Å². The molecular formula is C12H15N3O4. The van der Waals surface area contributed by atoms with Crippen molar-refractivity contribution < 1.29 is 19.8 Å². The first kappa shape index (κ1) is 12.2. The number of nitrogens with one attached hydrogen (secondary N) is 1. The van der Waals surface area contributed by atoms with Crippen LogP contribution >= 0.6 is 0 Å². The lowest BCUT2D eigenvalue weighted by molar-refractivity contribution is -0.161. The van der Waals surface area contributed by atoms with Gasteiger partial charge in [0.15, 0.2) is 0 Å². The highest BCUT2D eigenvalue weighted by Gasteiger charge is 2.57. The summed E-state index contributed by atoms with van der Waals surface area (Å²) in [7, 11) is 0. The highest BCUT2D eigenvalue weighted by atomic mass is 16.4. The standard InChI is InChI=1S/C12H15N3O4/c1-5(16)9-8-2-6(7-3-13-4-14-7)10(12(18)19)15(8)11(9)17/h4-5,7-9,16H,2-3H2,1H3,(H,13,14)(H,18,19)/t5-,7-,8-,9-/m1/s1. The van der Waals surface area contributed by atoms with E-state index in [9.17, 15) is 19.8 Å². The van der Waals surface area contributed by atoms with E-state index in [2.05, 4.69) is 10.3 Å². The maximum Gasteiger partial charge on any atom is 0.352 e. The van der Waals surface area contributed by atoms with Crippen LogP contribution in [0.1, 0.15) is 13.3 Å². The fraction of sp³-hybridized carbons (Fsp3) is 0.583. The van der Waals surface area contributed by atoms with E-state index in [1.54, 1.807) is 13.3 Å². The summed E-state index contributed by atoms with van der Waals surface area (Å²) < 4.78 is 0. The van der Waals surface area contributed by atoms with Crippen molar-refractivity contribution in [2.24, 2.45) is 10.9 Å². The molecule has 1 saturated heterocycles. The van der Waals surface area contributed by atoms with E-state index < -0.39 is 18.0 Å². The summed E-state index contributed by atoms with van der Waals surface area (Å²) in [5.41, 5.74) is 0.765. The Kier molecular flexibility index (Phi) is 2.60. The zero-order valence-corrected chi connectivity index (χ0v) is 10.4. The number of amides is 1. The predicted octanol–water partition coefficient (Wildman–Crippen LogP) is -1.06. The lowest BCUT2D eigenvalue weighted by atomic mass is 9.82. The number of aliphatic hydroxyl groups excluding tert-OH is 1. The van der Waals surface area contributed by atoms with Crippen LogP contribution in [0.4, 0.5) is 0 Å². The zero-order valence-electron chi connectivity index (χ0n) is 10.4. The number of fused-ring (bicyclic) bond motifs is 1. The van der Waals surface area contributed by atoms with Crippen molar-refractivity contribution in [2.45, 2.75) is 31.5 Å². The Labute approximate surface area is 109 Å². The SMILES string of the molecule is C[C@@H](O)[C@H]1C(=O)N2C(C(=O)O)=C([C@H]3CN=CN3)C[C@H]12. The van der Waals surface area contributed by atoms with Crippen molar-refractivity contribution in [2.75, 3.05) is 6.54 Å². The van der Waals surface area contributed by atoms with Crippen molar-refractivity contribution in [3.05, 3.63) is 11.3 Å². The molecule has 0 aromatic heterocycles. The summed E-state index contributed by atoms with van der Waals surface area (Å²) in [6.07, 6.45) is 1.29. The molecule has 0 aromatic rings. The number of nitrogens with zero attached hydrogens (tertiary/aromatic N) is 2. The van der Waals surface area contributed by atoms with Crippen molar-refractivity contribution >= 4 is 18.2 Å². The number of β-lactam (4-membered cyclic amide) rings is 1. The first-order valence-corrected chi connectivity index (χ1v) is 6.24. The molecule has 0 aromatic carbocycles. The number of aliphatic hydroxyl groups is 1. The first-order valence-electron chi connectivity index (χ1n) is 6.24. The number of rotatable bonds is 3. The van der Waals surface area contributed by atoms with Crippen LogP contribution in [0.2, 0.25) is 0 Å². The Bertz CT molecular complexity index is 503. The fourth-order valence-corrected chi connectivity index (χ4v) is 3.18. The number of hydrogen-bond donors (Lipinski definition) is 3. The molecule has 0 aliphatic carbocycles. The Morgan fingerprint density at radius 3 is 2.89 bits per heavy atom. The molecule has 0 radical (unpaired) electrons. The van der Waals surface area contributed by atoms with Gasteiger partial charge >= 0.3 is 5.97 Å². The molecule has 102 valence electrons. The molecule has 4 atom stereocenters. The average Bonchev–Trinajstić information content (AvgIpc) is 2.92. The van der Waals surface area contributed by atoms with Crippen molar-refractivity contribution in [1.29, 1.82) is 0 Å². The number of aliphatic imine (C=N–C) groups is 1. The summed E-state index contributed by atoms with van der Waals surface area (Å²) in [5.74, 6) is -1.89. The predicted molar refractivity (Wildman–Crippen MR) is 65.4 cm³/mol. The first-order chi connectivity index (χ1) is 9.02. The Morgan fingerprint density at radius 2 is 2.37 bits per heavy atom. The third kappa shape index (κ3) is 1.58. The third-order valence-electron chi connectivity index (χ3n) is 4.04. The summed E-state index contributed by atoms with van der Waals surface area (Å²) >= 11 is 0. The maximum absolute atomic E-state index is 12.0. The van der Waals surface area contributed by atoms with E-state index in [-0.39, 0.29) is 23.7 Å². The van der Waals surface area contributed by atoms with Crippen molar-refractivity contribution in [3.63, 3.8) is 0 Å². The number of hydrogen-bond acceptors (Lipinski definition) is 5. The molecule has 0 saturated carbocycles. The van der Waals surface area contributed by atoms with E-state index >= 15 is 0 Å². The molecule has 3 aliphatic rings. The minimum Gasteiger partial charge on any atom is -0.477 e. The molecule has 7 nitrogen and oxygen atoms in total. The van der Waals surface area contributed by atoms with Crippen LogP contribution in [0.3, 0.4) is 0 Å². The van der Waals surface area contributed by atoms with Gasteiger partial charge in [-0.3, -0.25) is 9.79 Å². The lowest BCUT2D eigenvalue weighted by Gasteiger charge is -2.44. The van der Waals surface area contributed by atoms with Gasteiger partial charge in [-0.2, -0.15) is 0 Å². The Morgan fingerprint density at radius 1 is 1.63 bits per heavy atom. The highest BCUT2D eigenvalue weighted by molar-refractivity contribution is 6.00. The molecule has 3 aliphatic heterocycles. The van der Waals surface area contributed by atoms with Gasteiger partial charge in [-0.25, -0.2) is 4.79 Å². The van der Waals surface area contributed by atoms with Gasteiger partial charge in [0.2, 0.25) is 5.91 Å². The lowest BCUT2D eigenvalue weighted by Crippen LogP contribution is -2.61. The van der Waals surface area contributed by atoms with Crippen LogP contribution in [0.25, 0.3) is 0 Å². The van der Waals surface area contributed by atoms with Crippen molar-refractivity contribution in [1.82, 2.24) is 10.2 Å². The van der Waals surface area contributed by atoms with Crippen LogP contribution in [-0.2, 0) is 9.59 Å². The molecule has 3 N–H and O–H groups in total. The number of aliphatic carboxylic acids is 1. The minimum atomic E-state index is -1.09. The molecule has 1 fully saturated rings. The second-order valence-electron chi connectivity index (χ2n) is 5.14. The topological polar surface area (TPSA) is 102 Å². The van der Waals surface area contributed by atoms with Gasteiger partial charge in [0.05, 0.1) is 37.0 Å². The minimum absolute atomic E-state index is 0.0647. The fourth-order valence-electron chi connectivity index (χ4n) is 3.18. The number of carbonyl (C=O) groups is 2. The zero-order chi connectivity index (χ0) is 13.7. The number of carbonyl (C=O) groups excluding carboxylic acids is 1. The van der Waals surface area contributed by atoms with E-state index in [0.29, 0.717) is 18.5 Å². The van der Waals surface area contributed by atoms with E-state index in [4.69, 9.17) is 0 Å². The largest absolute Gasteiger partial charge is 0.477 e. The third-order valence-corrected chi connectivity index (χ3v) is 4.04. The summed E-state index contributed by atoms with van der Waals surface area (Å²) in [4.78, 5) is 28.7. The summed E-state index contributed by atoms with van der Waals surface area (Å²) in [6, 6.07) is -0.379. The van der Waals surface area contributed by atoms with E-state index in [1.807, 2.05) is 0 Å². The molecule has 3 heterocycles. The van der Waals surface area contributed by atoms with Gasteiger partial charge in [0, 0.05) is 0 Å². The van der Waals surface area contributed by atoms with Crippen LogP contribution in [0.15, 0.2) is 16.3 Å². The molecule has 1 amide bonds. The van der Waals surface area contributed by atoms with Gasteiger partial charge in [-0.05, 0) is 18.9 Å². The highest BCUT2D eigenvalue weighted by Crippen LogP contribution is 2.44. The van der Waals surface area contributed by atoms with Gasteiger partial charge in [-0.1, -0.05) is 0 Å². The number of carboxylic acid groups (broad SMARTS) is 1. The van der Waals surface area contributed by atoms with Gasteiger partial charge in [0.1, 0.15) is 5.70 Å². The van der Waals surface area contributed by atoms with Gasteiger partial charge < -0.3 is 20.4 Å². The second kappa shape index (κ2) is 4.06. The summed E-state index contributed by atoms with van der Waals surface area (Å²) in [6.45, 7) is 2.05. The molecule has 3 rings (SSSR count). The maximum atomic E-state index is 12.0. The second-order valence-corrected chi connectivity index (χ2v) is 5.14. The van der Waals surface area contributed by atoms with Crippen LogP contribution < -0.4 is 5.32 Å². The van der Waals surface area contributed by atoms with Gasteiger partial charge in [0.25, 0.3) is 0 Å². The molecule has 0 bridgehead atoms. The Balaban J connectivity index is 1.92. The average molecular weight is 265 g/mol. The van der Waals surface area contributed by atoms with Gasteiger partial charge in [-0.15, -0.1) is 0 Å². The smallest absolute Gasteiger partial charge is 0.352 e. The van der Waals surface area contributed by atoms with Crippen molar-refractivity contribution in [3.8, 4) is 0 Å². The molecular weight excluding hydrogens is 250 g/mol. The molecule has 7 heteroatoms. The number of carboxylic acids is 1. The van der Waals surface area contributed by atoms with Crippen LogP contribution in [0.5, 0.6) is 0 Å². The Hall–Kier alpha value is -1.89. The monoisotopic (exact) mass is 265 g/mol. The van der Waals surface area contributed by atoms with E-state index in [1.165, 1.54) is 4.90 Å². The van der Waals surface area contributed by atoms with E-state index in [0.717, 1.165) is 0 Å². The normalized spacial score (nSPS) is 34.1. The molecule has 0 unspecified atom stereocenters. The molecule has 0 spiro atoms. The quantitative estimate of drug-likeness (QED) is 0.564.